The third-order valence-electron chi connectivity index (χ3n) is 1.88. The fourth-order valence-electron chi connectivity index (χ4n) is 1.21. The molecule has 0 bridgehead atoms. The molecule has 0 heterocycles. The molecule has 0 radical (unpaired) electrons. The molecule has 0 aliphatic carbocycles. The quantitative estimate of drug-likeness (QED) is 0.708. The number of aryl methyl sites for hydroxylation is 1. The van der Waals surface area contributed by atoms with Crippen LogP contribution in [0.1, 0.15) is 25.0 Å². The monoisotopic (exact) mass is 162 g/mol. The van der Waals surface area contributed by atoms with Gasteiger partial charge in [-0.2, -0.15) is 0 Å². The molecule has 0 saturated carbocycles. The van der Waals surface area contributed by atoms with Crippen LogP contribution in [-0.2, 0) is 6.42 Å². The molecule has 1 nitrogen and oxygen atoms in total. The summed E-state index contributed by atoms with van der Waals surface area (Å²) in [7, 11) is 0. The standard InChI is InChI=1S/C11H14O/c1-3-6-10-8-5-7-9(4-2)11(10)12/h3,5-8,12H,4H2,1-2H3/b6-3+. The number of hydrogen-bond donors (Lipinski definition) is 1. The molecular formula is C11H14O. The number of allylic oxidation sites excluding steroid dienone is 1. The van der Waals surface area contributed by atoms with Gasteiger partial charge >= 0.3 is 0 Å². The SMILES string of the molecule is C/C=C/c1cccc(CC)c1O. The van der Waals surface area contributed by atoms with Gasteiger partial charge < -0.3 is 5.11 Å². The van der Waals surface area contributed by atoms with Gasteiger partial charge in [-0.25, -0.2) is 0 Å². The van der Waals surface area contributed by atoms with Crippen molar-refractivity contribution in [2.24, 2.45) is 0 Å². The molecule has 0 amide bonds. The average molecular weight is 162 g/mol. The molecule has 1 aromatic rings. The molecule has 0 spiro atoms. The van der Waals surface area contributed by atoms with Gasteiger partial charge in [0.2, 0.25) is 0 Å². The molecule has 12 heavy (non-hydrogen) atoms. The predicted molar refractivity (Wildman–Crippen MR) is 52.2 cm³/mol. The first kappa shape index (κ1) is 8.85. The highest BCUT2D eigenvalue weighted by Crippen LogP contribution is 2.23. The maximum atomic E-state index is 9.67. The lowest BCUT2D eigenvalue weighted by atomic mass is 10.1. The van der Waals surface area contributed by atoms with Crippen molar-refractivity contribution in [3.05, 3.63) is 35.4 Å². The number of rotatable bonds is 2. The summed E-state index contributed by atoms with van der Waals surface area (Å²) in [4.78, 5) is 0. The molecule has 0 aliphatic heterocycles. The minimum atomic E-state index is 0.415. The van der Waals surface area contributed by atoms with Crippen molar-refractivity contribution in [1.29, 1.82) is 0 Å². The van der Waals surface area contributed by atoms with Gasteiger partial charge in [0.1, 0.15) is 5.75 Å². The van der Waals surface area contributed by atoms with Crippen LogP contribution in [0.15, 0.2) is 24.3 Å². The summed E-state index contributed by atoms with van der Waals surface area (Å²) in [6.07, 6.45) is 4.71. The second-order valence-electron chi connectivity index (χ2n) is 2.71. The lowest BCUT2D eigenvalue weighted by Gasteiger charge is -2.03. The van der Waals surface area contributed by atoms with Crippen LogP contribution < -0.4 is 0 Å². The number of benzene rings is 1. The first-order valence-electron chi connectivity index (χ1n) is 4.23. The van der Waals surface area contributed by atoms with Crippen LogP contribution in [-0.4, -0.2) is 5.11 Å². The number of hydrogen-bond acceptors (Lipinski definition) is 1. The first-order chi connectivity index (χ1) is 5.79. The zero-order valence-corrected chi connectivity index (χ0v) is 7.54. The minimum Gasteiger partial charge on any atom is -0.507 e. The molecule has 1 rings (SSSR count). The molecule has 1 heteroatoms. The number of para-hydroxylation sites is 1. The van der Waals surface area contributed by atoms with Crippen LogP contribution in [0, 0.1) is 0 Å². The Morgan fingerprint density at radius 2 is 2.17 bits per heavy atom. The smallest absolute Gasteiger partial charge is 0.125 e. The lowest BCUT2D eigenvalue weighted by Crippen LogP contribution is -1.83. The first-order valence-corrected chi connectivity index (χ1v) is 4.23. The van der Waals surface area contributed by atoms with Gasteiger partial charge in [0.05, 0.1) is 0 Å². The molecular weight excluding hydrogens is 148 g/mol. The van der Waals surface area contributed by atoms with E-state index in [0.29, 0.717) is 5.75 Å². The van der Waals surface area contributed by atoms with Crippen molar-refractivity contribution in [3.63, 3.8) is 0 Å². The van der Waals surface area contributed by atoms with Crippen molar-refractivity contribution in [2.75, 3.05) is 0 Å². The van der Waals surface area contributed by atoms with E-state index < -0.39 is 0 Å². The molecule has 1 N–H and O–H groups in total. The van der Waals surface area contributed by atoms with Crippen LogP contribution >= 0.6 is 0 Å². The van der Waals surface area contributed by atoms with Gasteiger partial charge in [0.25, 0.3) is 0 Å². The van der Waals surface area contributed by atoms with E-state index in [-0.39, 0.29) is 0 Å². The summed E-state index contributed by atoms with van der Waals surface area (Å²) in [6.45, 7) is 3.98. The van der Waals surface area contributed by atoms with E-state index in [4.69, 9.17) is 0 Å². The topological polar surface area (TPSA) is 20.2 Å². The Morgan fingerprint density at radius 3 is 2.75 bits per heavy atom. The van der Waals surface area contributed by atoms with Gasteiger partial charge in [-0.15, -0.1) is 0 Å². The van der Waals surface area contributed by atoms with Crippen molar-refractivity contribution in [3.8, 4) is 5.75 Å². The fourth-order valence-corrected chi connectivity index (χ4v) is 1.21. The van der Waals surface area contributed by atoms with Gasteiger partial charge in [-0.3, -0.25) is 0 Å². The van der Waals surface area contributed by atoms with Crippen molar-refractivity contribution in [2.45, 2.75) is 20.3 Å². The van der Waals surface area contributed by atoms with Crippen molar-refractivity contribution in [1.82, 2.24) is 0 Å². The Morgan fingerprint density at radius 1 is 1.42 bits per heavy atom. The maximum absolute atomic E-state index is 9.67. The summed E-state index contributed by atoms with van der Waals surface area (Å²) in [5, 5.41) is 9.67. The maximum Gasteiger partial charge on any atom is 0.125 e. The van der Waals surface area contributed by atoms with Crippen LogP contribution in [0.2, 0.25) is 0 Å². The van der Waals surface area contributed by atoms with Gasteiger partial charge in [0.15, 0.2) is 0 Å². The molecule has 0 saturated heterocycles. The number of phenolic OH excluding ortho intramolecular Hbond substituents is 1. The lowest BCUT2D eigenvalue weighted by molar-refractivity contribution is 0.467. The van der Waals surface area contributed by atoms with Crippen LogP contribution in [0.5, 0.6) is 5.75 Å². The Bertz CT molecular complexity index is 287. The average Bonchev–Trinajstić information content (AvgIpc) is 2.09. The molecule has 64 valence electrons. The van der Waals surface area contributed by atoms with E-state index >= 15 is 0 Å². The second kappa shape index (κ2) is 3.96. The Kier molecular flexibility index (Phi) is 2.92. The highest BCUT2D eigenvalue weighted by molar-refractivity contribution is 5.59. The summed E-state index contributed by atoms with van der Waals surface area (Å²) >= 11 is 0. The van der Waals surface area contributed by atoms with E-state index in [1.54, 1.807) is 0 Å². The molecule has 0 aliphatic rings. The zero-order valence-electron chi connectivity index (χ0n) is 7.54. The van der Waals surface area contributed by atoms with Gasteiger partial charge in [-0.1, -0.05) is 37.3 Å². The van der Waals surface area contributed by atoms with E-state index in [1.807, 2.05) is 44.2 Å². The molecule has 1 aromatic carbocycles. The summed E-state index contributed by atoms with van der Waals surface area (Å²) in [5.41, 5.74) is 1.91. The molecule has 0 fully saturated rings. The van der Waals surface area contributed by atoms with Crippen molar-refractivity contribution >= 4 is 6.08 Å². The minimum absolute atomic E-state index is 0.415. The number of phenols is 1. The largest absolute Gasteiger partial charge is 0.507 e. The normalized spacial score (nSPS) is 10.8. The third-order valence-corrected chi connectivity index (χ3v) is 1.88. The van der Waals surface area contributed by atoms with Crippen LogP contribution in [0.25, 0.3) is 6.08 Å². The van der Waals surface area contributed by atoms with E-state index in [9.17, 15) is 5.11 Å². The molecule has 0 unspecified atom stereocenters. The highest BCUT2D eigenvalue weighted by Gasteiger charge is 2.00. The van der Waals surface area contributed by atoms with E-state index in [1.165, 1.54) is 0 Å². The number of aromatic hydroxyl groups is 1. The predicted octanol–water partition coefficient (Wildman–Crippen LogP) is 2.99. The molecule has 0 atom stereocenters. The van der Waals surface area contributed by atoms with Crippen LogP contribution in [0.3, 0.4) is 0 Å². The molecule has 0 aromatic heterocycles. The Labute approximate surface area is 73.4 Å². The summed E-state index contributed by atoms with van der Waals surface area (Å²) in [5.74, 6) is 0.415. The Balaban J connectivity index is 3.13. The van der Waals surface area contributed by atoms with Gasteiger partial charge in [0, 0.05) is 5.56 Å². The highest BCUT2D eigenvalue weighted by atomic mass is 16.3. The third kappa shape index (κ3) is 1.67. The van der Waals surface area contributed by atoms with Crippen molar-refractivity contribution < 1.29 is 5.11 Å². The summed E-state index contributed by atoms with van der Waals surface area (Å²) in [6, 6.07) is 5.82. The van der Waals surface area contributed by atoms with E-state index in [0.717, 1.165) is 17.5 Å². The fraction of sp³-hybridized carbons (Fsp3) is 0.273. The Hall–Kier alpha value is -1.24. The summed E-state index contributed by atoms with van der Waals surface area (Å²) < 4.78 is 0. The second-order valence-corrected chi connectivity index (χ2v) is 2.71. The van der Waals surface area contributed by atoms with E-state index in [2.05, 4.69) is 0 Å². The van der Waals surface area contributed by atoms with Gasteiger partial charge in [-0.05, 0) is 18.9 Å². The van der Waals surface area contributed by atoms with Crippen LogP contribution in [0.4, 0.5) is 0 Å². The zero-order chi connectivity index (χ0) is 8.97.